The zero-order valence-corrected chi connectivity index (χ0v) is 12.5. The van der Waals surface area contributed by atoms with Crippen molar-refractivity contribution in [2.75, 3.05) is 24.3 Å². The topological polar surface area (TPSA) is 58.4 Å². The fourth-order valence-electron chi connectivity index (χ4n) is 2.14. The summed E-state index contributed by atoms with van der Waals surface area (Å²) in [7, 11) is 4.03. The maximum Gasteiger partial charge on any atom is 0.269 e. The maximum absolute atomic E-state index is 10.6. The molecule has 0 aliphatic heterocycles. The summed E-state index contributed by atoms with van der Waals surface area (Å²) in [5.41, 5.74) is 4.55. The van der Waals surface area contributed by atoms with E-state index in [0.717, 1.165) is 11.3 Å². The Balaban J connectivity index is 2.06. The van der Waals surface area contributed by atoms with Crippen molar-refractivity contribution in [3.63, 3.8) is 0 Å². The van der Waals surface area contributed by atoms with Gasteiger partial charge >= 0.3 is 0 Å². The van der Waals surface area contributed by atoms with E-state index in [-0.39, 0.29) is 10.6 Å². The third kappa shape index (κ3) is 3.72. The van der Waals surface area contributed by atoms with Gasteiger partial charge < -0.3 is 10.2 Å². The molecule has 0 radical (unpaired) electrons. The molecule has 0 aliphatic carbocycles. The largest absolute Gasteiger partial charge is 0.381 e. The van der Waals surface area contributed by atoms with Crippen LogP contribution < -0.4 is 10.2 Å². The molecule has 0 saturated carbocycles. The molecule has 0 fully saturated rings. The van der Waals surface area contributed by atoms with Crippen LogP contribution in [0.2, 0.25) is 0 Å². The van der Waals surface area contributed by atoms with Crippen LogP contribution in [0.3, 0.4) is 0 Å². The van der Waals surface area contributed by atoms with Gasteiger partial charge in [-0.15, -0.1) is 0 Å². The monoisotopic (exact) mass is 285 g/mol. The Labute approximate surface area is 124 Å². The number of benzene rings is 2. The Kier molecular flexibility index (Phi) is 4.42. The van der Waals surface area contributed by atoms with E-state index in [2.05, 4.69) is 29.3 Å². The number of non-ortho nitro benzene ring substituents is 1. The summed E-state index contributed by atoms with van der Waals surface area (Å²) in [6.07, 6.45) is 0. The number of hydrogen-bond donors (Lipinski definition) is 1. The van der Waals surface area contributed by atoms with Gasteiger partial charge in [-0.05, 0) is 30.2 Å². The quantitative estimate of drug-likeness (QED) is 0.674. The number of hydrogen-bond acceptors (Lipinski definition) is 4. The SMILES string of the molecule is Cc1ccc(NCc2ccc([N+](=O)[O-])cc2)cc1N(C)C. The number of nitrogens with one attached hydrogen (secondary N) is 1. The Morgan fingerprint density at radius 3 is 2.38 bits per heavy atom. The predicted molar refractivity (Wildman–Crippen MR) is 85.9 cm³/mol. The van der Waals surface area contributed by atoms with Crippen molar-refractivity contribution in [1.29, 1.82) is 0 Å². The second kappa shape index (κ2) is 6.26. The van der Waals surface area contributed by atoms with Gasteiger partial charge in [-0.25, -0.2) is 0 Å². The Bertz CT molecular complexity index is 636. The molecule has 110 valence electrons. The van der Waals surface area contributed by atoms with Gasteiger partial charge in [-0.2, -0.15) is 0 Å². The highest BCUT2D eigenvalue weighted by Gasteiger charge is 2.05. The van der Waals surface area contributed by atoms with Gasteiger partial charge in [0.1, 0.15) is 0 Å². The van der Waals surface area contributed by atoms with Gasteiger partial charge in [0.15, 0.2) is 0 Å². The van der Waals surface area contributed by atoms with E-state index in [4.69, 9.17) is 0 Å². The molecule has 0 aliphatic rings. The van der Waals surface area contributed by atoms with Crippen molar-refractivity contribution in [1.82, 2.24) is 0 Å². The second-order valence-electron chi connectivity index (χ2n) is 5.17. The second-order valence-corrected chi connectivity index (χ2v) is 5.17. The van der Waals surface area contributed by atoms with Gasteiger partial charge in [0.05, 0.1) is 4.92 Å². The first-order valence-corrected chi connectivity index (χ1v) is 6.72. The number of aryl methyl sites for hydroxylation is 1. The van der Waals surface area contributed by atoms with Crippen molar-refractivity contribution >= 4 is 17.1 Å². The zero-order chi connectivity index (χ0) is 15.4. The molecule has 2 rings (SSSR count). The summed E-state index contributed by atoms with van der Waals surface area (Å²) in [5, 5.41) is 13.9. The Morgan fingerprint density at radius 2 is 1.81 bits per heavy atom. The van der Waals surface area contributed by atoms with Crippen molar-refractivity contribution < 1.29 is 4.92 Å². The van der Waals surface area contributed by atoms with E-state index >= 15 is 0 Å². The molecule has 0 atom stereocenters. The van der Waals surface area contributed by atoms with E-state index in [1.165, 1.54) is 23.4 Å². The van der Waals surface area contributed by atoms with Crippen molar-refractivity contribution in [2.24, 2.45) is 0 Å². The molecule has 0 bridgehead atoms. The molecular weight excluding hydrogens is 266 g/mol. The predicted octanol–water partition coefficient (Wildman–Crippen LogP) is 3.58. The molecule has 1 N–H and O–H groups in total. The lowest BCUT2D eigenvalue weighted by molar-refractivity contribution is -0.384. The summed E-state index contributed by atoms with van der Waals surface area (Å²) in [6, 6.07) is 12.8. The Morgan fingerprint density at radius 1 is 1.14 bits per heavy atom. The van der Waals surface area contributed by atoms with Crippen molar-refractivity contribution in [3.05, 3.63) is 63.7 Å². The summed E-state index contributed by atoms with van der Waals surface area (Å²) in [4.78, 5) is 12.3. The highest BCUT2D eigenvalue weighted by Crippen LogP contribution is 2.23. The number of anilines is 2. The van der Waals surface area contributed by atoms with Crippen molar-refractivity contribution in [2.45, 2.75) is 13.5 Å². The van der Waals surface area contributed by atoms with E-state index in [9.17, 15) is 10.1 Å². The lowest BCUT2D eigenvalue weighted by Crippen LogP contribution is -2.10. The standard InChI is InChI=1S/C16H19N3O2/c1-12-4-7-14(10-16(12)18(2)3)17-11-13-5-8-15(9-6-13)19(20)21/h4-10,17H,11H2,1-3H3. The van der Waals surface area contributed by atoms with Crippen LogP contribution in [0.5, 0.6) is 0 Å². The maximum atomic E-state index is 10.6. The molecule has 5 nitrogen and oxygen atoms in total. The van der Waals surface area contributed by atoms with Crippen LogP contribution in [0, 0.1) is 17.0 Å². The molecule has 5 heteroatoms. The first-order valence-electron chi connectivity index (χ1n) is 6.72. The smallest absolute Gasteiger partial charge is 0.269 e. The van der Waals surface area contributed by atoms with E-state index < -0.39 is 0 Å². The van der Waals surface area contributed by atoms with Gasteiger partial charge in [-0.3, -0.25) is 10.1 Å². The number of nitrogens with zero attached hydrogens (tertiary/aromatic N) is 2. The third-order valence-corrected chi connectivity index (χ3v) is 3.33. The third-order valence-electron chi connectivity index (χ3n) is 3.33. The lowest BCUT2D eigenvalue weighted by atomic mass is 10.1. The molecule has 0 spiro atoms. The fourth-order valence-corrected chi connectivity index (χ4v) is 2.14. The van der Waals surface area contributed by atoms with E-state index in [1.807, 2.05) is 20.2 Å². The summed E-state index contributed by atoms with van der Waals surface area (Å²) in [5.74, 6) is 0. The first kappa shape index (κ1) is 14.8. The molecular formula is C16H19N3O2. The number of rotatable bonds is 5. The lowest BCUT2D eigenvalue weighted by Gasteiger charge is -2.17. The van der Waals surface area contributed by atoms with Crippen LogP contribution in [0.15, 0.2) is 42.5 Å². The minimum Gasteiger partial charge on any atom is -0.381 e. The summed E-state index contributed by atoms with van der Waals surface area (Å²) >= 11 is 0. The summed E-state index contributed by atoms with van der Waals surface area (Å²) < 4.78 is 0. The van der Waals surface area contributed by atoms with Crippen LogP contribution in [0.25, 0.3) is 0 Å². The van der Waals surface area contributed by atoms with Gasteiger partial charge in [0, 0.05) is 44.1 Å². The fraction of sp³-hybridized carbons (Fsp3) is 0.250. The van der Waals surface area contributed by atoms with Crippen LogP contribution in [-0.2, 0) is 6.54 Å². The Hall–Kier alpha value is -2.56. The molecule has 0 unspecified atom stereocenters. The minimum absolute atomic E-state index is 0.115. The normalized spacial score (nSPS) is 10.2. The molecule has 2 aromatic carbocycles. The average Bonchev–Trinajstić information content (AvgIpc) is 2.46. The number of nitro benzene ring substituents is 1. The molecule has 2 aromatic rings. The van der Waals surface area contributed by atoms with Crippen molar-refractivity contribution in [3.8, 4) is 0 Å². The minimum atomic E-state index is -0.388. The first-order chi connectivity index (χ1) is 9.97. The van der Waals surface area contributed by atoms with E-state index in [0.29, 0.717) is 6.54 Å². The number of nitro groups is 1. The van der Waals surface area contributed by atoms with Gasteiger partial charge in [0.25, 0.3) is 5.69 Å². The molecule has 0 saturated heterocycles. The highest BCUT2D eigenvalue weighted by atomic mass is 16.6. The molecule has 21 heavy (non-hydrogen) atoms. The van der Waals surface area contributed by atoms with Crippen LogP contribution in [-0.4, -0.2) is 19.0 Å². The summed E-state index contributed by atoms with van der Waals surface area (Å²) in [6.45, 7) is 2.71. The van der Waals surface area contributed by atoms with Crippen LogP contribution in [0.1, 0.15) is 11.1 Å². The molecule has 0 heterocycles. The van der Waals surface area contributed by atoms with Gasteiger partial charge in [-0.1, -0.05) is 18.2 Å². The molecule has 0 amide bonds. The average molecular weight is 285 g/mol. The van der Waals surface area contributed by atoms with Crippen LogP contribution in [0.4, 0.5) is 17.1 Å². The van der Waals surface area contributed by atoms with Gasteiger partial charge in [0.2, 0.25) is 0 Å². The van der Waals surface area contributed by atoms with Crippen LogP contribution >= 0.6 is 0 Å². The van der Waals surface area contributed by atoms with E-state index in [1.54, 1.807) is 12.1 Å². The molecule has 0 aromatic heterocycles. The zero-order valence-electron chi connectivity index (χ0n) is 12.5. The highest BCUT2D eigenvalue weighted by molar-refractivity contribution is 5.62.